The van der Waals surface area contributed by atoms with Crippen molar-refractivity contribution < 1.29 is 19.4 Å². The van der Waals surface area contributed by atoms with E-state index in [1.165, 1.54) is 36.7 Å². The molecule has 172 valence electrons. The Morgan fingerprint density at radius 2 is 1.73 bits per heavy atom. The molecule has 1 amide bonds. The molecule has 0 aliphatic rings. The molecule has 0 aliphatic heterocycles. The highest BCUT2D eigenvalue weighted by Crippen LogP contribution is 2.33. The van der Waals surface area contributed by atoms with E-state index in [0.29, 0.717) is 5.75 Å². The second kappa shape index (κ2) is 9.07. The Hall–Kier alpha value is -4.28. The molecule has 33 heavy (non-hydrogen) atoms. The smallest absolute Gasteiger partial charge is 0.312 e. The summed E-state index contributed by atoms with van der Waals surface area (Å²) in [6.45, 7) is 8.43. The van der Waals surface area contributed by atoms with Crippen molar-refractivity contribution in [2.75, 3.05) is 5.32 Å². The average Bonchev–Trinajstić information content (AvgIpc) is 2.98. The van der Waals surface area contributed by atoms with Crippen LogP contribution < -0.4 is 10.1 Å². The van der Waals surface area contributed by atoms with Gasteiger partial charge in [-0.05, 0) is 57.4 Å². The highest BCUT2D eigenvalue weighted by atomic mass is 16.6. The van der Waals surface area contributed by atoms with Crippen LogP contribution in [-0.2, 0) is 11.3 Å². The third kappa shape index (κ3) is 5.14. The Balaban J connectivity index is 1.87. The zero-order valence-corrected chi connectivity index (χ0v) is 18.8. The zero-order valence-electron chi connectivity index (χ0n) is 18.8. The van der Waals surface area contributed by atoms with E-state index in [9.17, 15) is 25.0 Å². The molecule has 3 rings (SSSR count). The predicted molar refractivity (Wildman–Crippen MR) is 121 cm³/mol. The molecular weight excluding hydrogens is 430 g/mol. The molecule has 1 N–H and O–H groups in total. The van der Waals surface area contributed by atoms with Crippen LogP contribution in [0.4, 0.5) is 17.1 Å². The summed E-state index contributed by atoms with van der Waals surface area (Å²) >= 11 is 0. The number of hydrogen-bond donors (Lipinski definition) is 1. The molecule has 3 aromatic rings. The number of non-ortho nitro benzene ring substituents is 1. The van der Waals surface area contributed by atoms with Gasteiger partial charge in [0.25, 0.3) is 5.69 Å². The zero-order chi connectivity index (χ0) is 24.4. The minimum atomic E-state index is -0.582. The summed E-state index contributed by atoms with van der Waals surface area (Å²) in [6.07, 6.45) is 0. The topological polar surface area (TPSA) is 142 Å². The van der Waals surface area contributed by atoms with Crippen LogP contribution >= 0.6 is 0 Å². The summed E-state index contributed by atoms with van der Waals surface area (Å²) in [7, 11) is 0. The summed E-state index contributed by atoms with van der Waals surface area (Å²) in [5, 5.41) is 29.2. The van der Waals surface area contributed by atoms with Gasteiger partial charge in [0, 0.05) is 12.1 Å². The Labute approximate surface area is 189 Å². The van der Waals surface area contributed by atoms with Crippen LogP contribution in [0.3, 0.4) is 0 Å². The summed E-state index contributed by atoms with van der Waals surface area (Å²) in [4.78, 5) is 34.0. The largest absolute Gasteiger partial charge is 0.457 e. The lowest BCUT2D eigenvalue weighted by molar-refractivity contribution is -0.386. The Morgan fingerprint density at radius 3 is 2.33 bits per heavy atom. The molecule has 0 radical (unpaired) electrons. The van der Waals surface area contributed by atoms with Gasteiger partial charge in [0.1, 0.15) is 29.4 Å². The van der Waals surface area contributed by atoms with Gasteiger partial charge >= 0.3 is 5.69 Å². The number of benzene rings is 2. The van der Waals surface area contributed by atoms with Crippen molar-refractivity contribution in [2.24, 2.45) is 0 Å². The SMILES string of the molecule is Cc1cc(C)c(C)c(Oc2cc(NC(=O)Cn3nc(C)c([N+](=O)[O-])c3C)cc([N+](=O)[O-])c2)c1. The van der Waals surface area contributed by atoms with Crippen molar-refractivity contribution in [2.45, 2.75) is 41.2 Å². The van der Waals surface area contributed by atoms with Crippen molar-refractivity contribution in [1.29, 1.82) is 0 Å². The minimum Gasteiger partial charge on any atom is -0.457 e. The lowest BCUT2D eigenvalue weighted by Crippen LogP contribution is -2.20. The molecule has 0 saturated carbocycles. The number of carbonyl (C=O) groups is 1. The number of nitrogens with zero attached hydrogens (tertiary/aromatic N) is 4. The fraction of sp³-hybridized carbons (Fsp3) is 0.273. The van der Waals surface area contributed by atoms with Gasteiger partial charge in [-0.2, -0.15) is 5.10 Å². The number of nitro groups is 2. The van der Waals surface area contributed by atoms with Crippen molar-refractivity contribution >= 4 is 23.0 Å². The average molecular weight is 453 g/mol. The monoisotopic (exact) mass is 453 g/mol. The van der Waals surface area contributed by atoms with E-state index in [-0.39, 0.29) is 40.7 Å². The van der Waals surface area contributed by atoms with Crippen LogP contribution in [0.5, 0.6) is 11.5 Å². The first-order chi connectivity index (χ1) is 15.5. The second-order valence-corrected chi connectivity index (χ2v) is 7.76. The third-order valence-electron chi connectivity index (χ3n) is 5.20. The molecule has 2 aromatic carbocycles. The first-order valence-electron chi connectivity index (χ1n) is 9.99. The number of hydrogen-bond acceptors (Lipinski definition) is 7. The van der Waals surface area contributed by atoms with Crippen LogP contribution in [0.15, 0.2) is 30.3 Å². The fourth-order valence-electron chi connectivity index (χ4n) is 3.50. The number of aryl methyl sites for hydroxylation is 3. The van der Waals surface area contributed by atoms with Gasteiger partial charge in [-0.15, -0.1) is 0 Å². The van der Waals surface area contributed by atoms with E-state index < -0.39 is 15.8 Å². The molecular formula is C22H23N5O6. The summed E-state index contributed by atoms with van der Waals surface area (Å²) in [6, 6.07) is 7.80. The molecule has 0 unspecified atom stereocenters. The minimum absolute atomic E-state index is 0.155. The quantitative estimate of drug-likeness (QED) is 0.404. The van der Waals surface area contributed by atoms with E-state index in [1.807, 2.05) is 32.9 Å². The third-order valence-corrected chi connectivity index (χ3v) is 5.20. The first kappa shape index (κ1) is 23.4. The molecule has 1 aromatic heterocycles. The lowest BCUT2D eigenvalue weighted by Gasteiger charge is -2.13. The highest BCUT2D eigenvalue weighted by molar-refractivity contribution is 5.91. The number of aromatic nitrogens is 2. The van der Waals surface area contributed by atoms with Gasteiger partial charge in [0.05, 0.1) is 21.6 Å². The maximum atomic E-state index is 12.6. The van der Waals surface area contributed by atoms with Gasteiger partial charge in [-0.25, -0.2) is 0 Å². The van der Waals surface area contributed by atoms with Gasteiger partial charge < -0.3 is 10.1 Å². The van der Waals surface area contributed by atoms with E-state index in [2.05, 4.69) is 10.4 Å². The van der Waals surface area contributed by atoms with Crippen molar-refractivity contribution in [3.8, 4) is 11.5 Å². The maximum Gasteiger partial charge on any atom is 0.312 e. The first-order valence-corrected chi connectivity index (χ1v) is 9.99. The second-order valence-electron chi connectivity index (χ2n) is 7.76. The molecule has 0 spiro atoms. The van der Waals surface area contributed by atoms with Crippen molar-refractivity contribution in [1.82, 2.24) is 9.78 Å². The predicted octanol–water partition coefficient (Wildman–Crippen LogP) is 4.67. The van der Waals surface area contributed by atoms with E-state index in [4.69, 9.17) is 4.74 Å². The molecule has 1 heterocycles. The number of anilines is 1. The summed E-state index contributed by atoms with van der Waals surface area (Å²) in [5.74, 6) is 0.194. The molecule has 11 heteroatoms. The summed E-state index contributed by atoms with van der Waals surface area (Å²) < 4.78 is 7.14. The molecule has 0 aliphatic carbocycles. The molecule has 11 nitrogen and oxygen atoms in total. The number of amides is 1. The normalized spacial score (nSPS) is 10.7. The Bertz CT molecular complexity index is 1280. The Morgan fingerprint density at radius 1 is 1.03 bits per heavy atom. The fourth-order valence-corrected chi connectivity index (χ4v) is 3.50. The molecule has 0 atom stereocenters. The van der Waals surface area contributed by atoms with E-state index in [1.54, 1.807) is 0 Å². The van der Waals surface area contributed by atoms with Crippen LogP contribution in [0, 0.1) is 54.8 Å². The Kier molecular flexibility index (Phi) is 6.43. The molecule has 0 saturated heterocycles. The highest BCUT2D eigenvalue weighted by Gasteiger charge is 2.23. The van der Waals surface area contributed by atoms with Crippen LogP contribution in [0.1, 0.15) is 28.1 Å². The number of rotatable bonds is 7. The van der Waals surface area contributed by atoms with Gasteiger partial charge in [-0.3, -0.25) is 29.7 Å². The molecule has 0 fully saturated rings. The van der Waals surface area contributed by atoms with Crippen LogP contribution in [0.2, 0.25) is 0 Å². The van der Waals surface area contributed by atoms with E-state index in [0.717, 1.165) is 16.7 Å². The number of nitrogens with one attached hydrogen (secondary N) is 1. The molecule has 0 bridgehead atoms. The van der Waals surface area contributed by atoms with E-state index >= 15 is 0 Å². The van der Waals surface area contributed by atoms with Crippen LogP contribution in [0.25, 0.3) is 0 Å². The van der Waals surface area contributed by atoms with Crippen LogP contribution in [-0.4, -0.2) is 25.5 Å². The van der Waals surface area contributed by atoms with Crippen molar-refractivity contribution in [3.05, 3.63) is 78.6 Å². The lowest BCUT2D eigenvalue weighted by atomic mass is 10.1. The summed E-state index contributed by atoms with van der Waals surface area (Å²) in [5.41, 5.74) is 3.06. The standard InChI is InChI=1S/C22H23N5O6/c1-12-6-13(2)14(3)20(7-12)33-19-9-17(8-18(10-19)26(29)30)23-21(28)11-25-16(5)22(27(31)32)15(4)24-25/h6-10H,11H2,1-5H3,(H,23,28). The van der Waals surface area contributed by atoms with Gasteiger partial charge in [0.2, 0.25) is 5.91 Å². The number of carbonyl (C=O) groups excluding carboxylic acids is 1. The number of ether oxygens (including phenoxy) is 1. The van der Waals surface area contributed by atoms with Gasteiger partial charge in [0.15, 0.2) is 0 Å². The maximum absolute atomic E-state index is 12.6. The van der Waals surface area contributed by atoms with Gasteiger partial charge in [-0.1, -0.05) is 6.07 Å². The number of nitro benzene ring substituents is 1. The van der Waals surface area contributed by atoms with Crippen molar-refractivity contribution in [3.63, 3.8) is 0 Å².